The maximum Gasteiger partial charge on any atom is 0.302 e. The fourth-order valence-electron chi connectivity index (χ4n) is 4.20. The molecule has 0 bridgehead atoms. The second-order valence-electron chi connectivity index (χ2n) is 7.86. The van der Waals surface area contributed by atoms with Gasteiger partial charge >= 0.3 is 6.01 Å². The molecule has 9 nitrogen and oxygen atoms in total. The molecule has 0 radical (unpaired) electrons. The highest BCUT2D eigenvalue weighted by Gasteiger charge is 2.38. The number of hydrogen-bond donors (Lipinski definition) is 3. The number of nitrogens with one attached hydrogen (secondary N) is 3. The molecule has 1 aromatic carbocycles. The van der Waals surface area contributed by atoms with Crippen molar-refractivity contribution in [1.82, 2.24) is 20.5 Å². The van der Waals surface area contributed by atoms with E-state index < -0.39 is 12.0 Å². The van der Waals surface area contributed by atoms with E-state index >= 15 is 0 Å². The van der Waals surface area contributed by atoms with E-state index in [1.165, 1.54) is 6.20 Å². The lowest BCUT2D eigenvalue weighted by Crippen LogP contribution is -2.44. The first kappa shape index (κ1) is 19.7. The zero-order valence-electron chi connectivity index (χ0n) is 16.9. The number of halogens is 1. The van der Waals surface area contributed by atoms with Crippen LogP contribution in [0.15, 0.2) is 44.9 Å². The third kappa shape index (κ3) is 3.93. The molecule has 2 unspecified atom stereocenters. The number of rotatable bonds is 4. The molecule has 31 heavy (non-hydrogen) atoms. The number of anilines is 1. The maximum absolute atomic E-state index is 13.2. The predicted octanol–water partition coefficient (Wildman–Crippen LogP) is 3.86. The van der Waals surface area contributed by atoms with Crippen molar-refractivity contribution in [2.45, 2.75) is 44.7 Å². The first-order valence-electron chi connectivity index (χ1n) is 10.3. The second kappa shape index (κ2) is 8.14. The molecule has 160 valence electrons. The zero-order chi connectivity index (χ0) is 21.4. The van der Waals surface area contributed by atoms with Crippen molar-refractivity contribution in [2.75, 3.05) is 5.32 Å². The number of aliphatic imine (C=N–C) groups is 2. The number of amides is 1. The molecule has 1 aliphatic carbocycles. The lowest BCUT2D eigenvalue weighted by Gasteiger charge is -2.28. The molecule has 2 aliphatic rings. The molecule has 2 atom stereocenters. The Balaban J connectivity index is 1.45. The van der Waals surface area contributed by atoms with Crippen LogP contribution in [-0.4, -0.2) is 38.8 Å². The predicted molar refractivity (Wildman–Crippen MR) is 118 cm³/mol. The van der Waals surface area contributed by atoms with Crippen LogP contribution in [0.3, 0.4) is 0 Å². The molecule has 1 saturated carbocycles. The lowest BCUT2D eigenvalue weighted by atomic mass is 9.90. The average Bonchev–Trinajstić information content (AvgIpc) is 3.48. The Morgan fingerprint density at radius 3 is 2.81 bits per heavy atom. The number of nitrogens with zero attached hydrogens (tertiary/aromatic N) is 4. The van der Waals surface area contributed by atoms with Gasteiger partial charge < -0.3 is 9.73 Å². The Bertz CT molecular complexity index is 1140. The number of benzene rings is 1. The number of guanidine groups is 1. The minimum Gasteiger partial charge on any atom is -0.423 e. The molecule has 2 aromatic heterocycles. The molecule has 3 N–H and O–H groups in total. The fraction of sp³-hybridized carbons (Fsp3) is 0.381. The van der Waals surface area contributed by atoms with E-state index in [0.717, 1.165) is 31.2 Å². The van der Waals surface area contributed by atoms with Gasteiger partial charge in [-0.25, -0.2) is 9.98 Å². The highest BCUT2D eigenvalue weighted by atomic mass is 35.5. The van der Waals surface area contributed by atoms with Gasteiger partial charge in [-0.2, -0.15) is 10.1 Å². The van der Waals surface area contributed by atoms with Crippen molar-refractivity contribution in [1.29, 1.82) is 0 Å². The van der Waals surface area contributed by atoms with Crippen LogP contribution in [0.25, 0.3) is 11.1 Å². The normalized spacial score (nSPS) is 21.7. The van der Waals surface area contributed by atoms with Crippen LogP contribution >= 0.6 is 11.6 Å². The topological polar surface area (TPSA) is 121 Å². The van der Waals surface area contributed by atoms with E-state index in [0.29, 0.717) is 28.0 Å². The quantitative estimate of drug-likeness (QED) is 0.570. The van der Waals surface area contributed by atoms with E-state index in [-0.39, 0.29) is 18.0 Å². The SMILES string of the molecule is CC1=NC(Nc2nc3ccccc3o2)=NC(c2[nH]ncc2Cl)C1C(=O)NC1CCCC1. The first-order valence-corrected chi connectivity index (χ1v) is 10.7. The van der Waals surface area contributed by atoms with Crippen LogP contribution in [0.5, 0.6) is 0 Å². The number of H-pyrrole nitrogens is 1. The van der Waals surface area contributed by atoms with Crippen LogP contribution in [0.4, 0.5) is 6.01 Å². The van der Waals surface area contributed by atoms with E-state index in [1.54, 1.807) is 0 Å². The standard InChI is InChI=1S/C21H22ClN7O2/c1-11-16(19(30)25-12-6-2-3-7-12)18(17-13(22)10-23-29-17)27-20(24-11)28-21-26-14-8-4-5-9-15(14)31-21/h4-5,8-10,12,16,18H,2-3,6-7H2,1H3,(H,23,29)(H,25,30)(H,26,27,28). The highest BCUT2D eigenvalue weighted by Crippen LogP contribution is 2.34. The van der Waals surface area contributed by atoms with Gasteiger partial charge in [0.15, 0.2) is 5.58 Å². The summed E-state index contributed by atoms with van der Waals surface area (Å²) in [5, 5.41) is 13.5. The van der Waals surface area contributed by atoms with E-state index in [1.807, 2.05) is 31.2 Å². The third-order valence-electron chi connectivity index (χ3n) is 5.72. The summed E-state index contributed by atoms with van der Waals surface area (Å²) < 4.78 is 5.72. The van der Waals surface area contributed by atoms with Crippen LogP contribution in [0.1, 0.15) is 44.3 Å². The number of carbonyl (C=O) groups excluding carboxylic acids is 1. The summed E-state index contributed by atoms with van der Waals surface area (Å²) in [6.07, 6.45) is 5.77. The van der Waals surface area contributed by atoms with E-state index in [9.17, 15) is 4.79 Å². The van der Waals surface area contributed by atoms with Crippen molar-refractivity contribution in [3.63, 3.8) is 0 Å². The zero-order valence-corrected chi connectivity index (χ0v) is 17.7. The average molecular weight is 440 g/mol. The van der Waals surface area contributed by atoms with Gasteiger partial charge in [0.25, 0.3) is 0 Å². The Morgan fingerprint density at radius 1 is 1.26 bits per heavy atom. The maximum atomic E-state index is 13.2. The number of aromatic amines is 1. The minimum absolute atomic E-state index is 0.103. The van der Waals surface area contributed by atoms with Crippen LogP contribution < -0.4 is 10.6 Å². The summed E-state index contributed by atoms with van der Waals surface area (Å²) in [6, 6.07) is 7.33. The smallest absolute Gasteiger partial charge is 0.302 e. The molecule has 3 aromatic rings. The number of fused-ring (bicyclic) bond motifs is 1. The van der Waals surface area contributed by atoms with Crippen LogP contribution in [0.2, 0.25) is 5.02 Å². The number of hydrogen-bond acceptors (Lipinski definition) is 7. The first-order chi connectivity index (χ1) is 15.1. The molecule has 3 heterocycles. The van der Waals surface area contributed by atoms with Gasteiger partial charge in [-0.05, 0) is 31.9 Å². The molecule has 1 aliphatic heterocycles. The van der Waals surface area contributed by atoms with Gasteiger partial charge in [0, 0.05) is 11.8 Å². The number of para-hydroxylation sites is 2. The van der Waals surface area contributed by atoms with Gasteiger partial charge in [-0.15, -0.1) is 0 Å². The van der Waals surface area contributed by atoms with Gasteiger partial charge in [0.2, 0.25) is 11.9 Å². The highest BCUT2D eigenvalue weighted by molar-refractivity contribution is 6.31. The van der Waals surface area contributed by atoms with E-state index in [4.69, 9.17) is 16.0 Å². The minimum atomic E-state index is -0.596. The van der Waals surface area contributed by atoms with Gasteiger partial charge in [0.1, 0.15) is 17.5 Å². The van der Waals surface area contributed by atoms with Crippen LogP contribution in [0, 0.1) is 5.92 Å². The summed E-state index contributed by atoms with van der Waals surface area (Å²) in [5.41, 5.74) is 2.58. The van der Waals surface area contributed by atoms with Crippen molar-refractivity contribution in [3.8, 4) is 0 Å². The molecule has 0 spiro atoms. The van der Waals surface area contributed by atoms with E-state index in [2.05, 4.69) is 35.8 Å². The number of oxazole rings is 1. The van der Waals surface area contributed by atoms with Crippen molar-refractivity contribution in [2.24, 2.45) is 15.9 Å². The Kier molecular flexibility index (Phi) is 5.19. The number of aromatic nitrogens is 3. The molecule has 0 saturated heterocycles. The van der Waals surface area contributed by atoms with Crippen molar-refractivity contribution >= 4 is 46.3 Å². The number of carbonyl (C=O) groups is 1. The fourth-order valence-corrected chi connectivity index (χ4v) is 4.40. The third-order valence-corrected chi connectivity index (χ3v) is 6.02. The Morgan fingerprint density at radius 2 is 2.06 bits per heavy atom. The Hall–Kier alpha value is -3.20. The lowest BCUT2D eigenvalue weighted by molar-refractivity contribution is -0.124. The molecular weight excluding hydrogens is 418 g/mol. The molecule has 1 amide bonds. The second-order valence-corrected chi connectivity index (χ2v) is 8.27. The van der Waals surface area contributed by atoms with Gasteiger partial charge in [0.05, 0.1) is 16.9 Å². The summed E-state index contributed by atoms with van der Waals surface area (Å²) in [7, 11) is 0. The molecule has 5 rings (SSSR count). The van der Waals surface area contributed by atoms with Crippen LogP contribution in [-0.2, 0) is 4.79 Å². The Labute approximate surface area is 183 Å². The molecule has 10 heteroatoms. The summed E-state index contributed by atoms with van der Waals surface area (Å²) in [6.45, 7) is 1.82. The van der Waals surface area contributed by atoms with Gasteiger partial charge in [-0.3, -0.25) is 15.2 Å². The summed E-state index contributed by atoms with van der Waals surface area (Å²) >= 11 is 6.34. The monoisotopic (exact) mass is 439 g/mol. The summed E-state index contributed by atoms with van der Waals surface area (Å²) in [5.74, 6) is -0.397. The van der Waals surface area contributed by atoms with Crippen molar-refractivity contribution < 1.29 is 9.21 Å². The molecule has 1 fully saturated rings. The molecular formula is C21H22ClN7O2. The van der Waals surface area contributed by atoms with Crippen molar-refractivity contribution in [3.05, 3.63) is 41.2 Å². The largest absolute Gasteiger partial charge is 0.423 e. The summed E-state index contributed by atoms with van der Waals surface area (Å²) in [4.78, 5) is 26.8. The van der Waals surface area contributed by atoms with Gasteiger partial charge in [-0.1, -0.05) is 36.6 Å².